The van der Waals surface area contributed by atoms with Crippen molar-refractivity contribution >= 4 is 11.6 Å². The molecule has 0 aliphatic heterocycles. The minimum Gasteiger partial charge on any atom is -0.458 e. The number of rotatable bonds is 6. The fraction of sp³-hybridized carbons (Fsp3) is 0.222. The van der Waals surface area contributed by atoms with Crippen molar-refractivity contribution in [3.8, 4) is 34.7 Å². The highest BCUT2D eigenvalue weighted by molar-refractivity contribution is 6.33. The lowest BCUT2D eigenvalue weighted by atomic mass is 10.2. The maximum absolute atomic E-state index is 14.1. The molecule has 0 radical (unpaired) electrons. The predicted octanol–water partition coefficient (Wildman–Crippen LogP) is 3.61. The van der Waals surface area contributed by atoms with Crippen LogP contribution in [0.15, 0.2) is 30.6 Å². The SMILES string of the molecule is COCC(C)Oc1ncc(-c2[nH]c(-c3c(F)cccc3Cl)nc2C#N)cn1. The summed E-state index contributed by atoms with van der Waals surface area (Å²) in [6, 6.07) is 6.46. The summed E-state index contributed by atoms with van der Waals surface area (Å²) in [6.07, 6.45) is 2.77. The molecule has 0 aliphatic carbocycles. The highest BCUT2D eigenvalue weighted by Crippen LogP contribution is 2.31. The van der Waals surface area contributed by atoms with Crippen LogP contribution in [0.5, 0.6) is 6.01 Å². The molecule has 0 saturated carbocycles. The largest absolute Gasteiger partial charge is 0.458 e. The van der Waals surface area contributed by atoms with Gasteiger partial charge in [-0.3, -0.25) is 0 Å². The van der Waals surface area contributed by atoms with Gasteiger partial charge in [0.1, 0.15) is 23.8 Å². The van der Waals surface area contributed by atoms with Crippen molar-refractivity contribution in [3.63, 3.8) is 0 Å². The number of halogens is 2. The fourth-order valence-electron chi connectivity index (χ4n) is 2.46. The second kappa shape index (κ2) is 8.12. The lowest BCUT2D eigenvalue weighted by Crippen LogP contribution is -2.19. The Morgan fingerprint density at radius 3 is 2.70 bits per heavy atom. The molecular formula is C18H15ClFN5O2. The van der Waals surface area contributed by atoms with Gasteiger partial charge in [-0.15, -0.1) is 0 Å². The molecule has 0 aliphatic rings. The van der Waals surface area contributed by atoms with Crippen LogP contribution in [0.1, 0.15) is 12.6 Å². The van der Waals surface area contributed by atoms with Gasteiger partial charge in [0, 0.05) is 25.1 Å². The molecule has 2 aromatic heterocycles. The molecular weight excluding hydrogens is 373 g/mol. The van der Waals surface area contributed by atoms with Crippen molar-refractivity contribution in [1.82, 2.24) is 19.9 Å². The third-order valence-corrected chi connectivity index (χ3v) is 3.95. The van der Waals surface area contributed by atoms with Gasteiger partial charge in [-0.05, 0) is 19.1 Å². The van der Waals surface area contributed by atoms with Gasteiger partial charge in [0.25, 0.3) is 0 Å². The molecule has 1 N–H and O–H groups in total. The number of imidazole rings is 1. The summed E-state index contributed by atoms with van der Waals surface area (Å²) >= 11 is 6.08. The Morgan fingerprint density at radius 2 is 2.07 bits per heavy atom. The van der Waals surface area contributed by atoms with Crippen molar-refractivity contribution in [2.45, 2.75) is 13.0 Å². The normalized spacial score (nSPS) is 11.8. The topological polar surface area (TPSA) is 96.7 Å². The van der Waals surface area contributed by atoms with Crippen molar-refractivity contribution in [2.75, 3.05) is 13.7 Å². The van der Waals surface area contributed by atoms with Gasteiger partial charge in [-0.2, -0.15) is 5.26 Å². The van der Waals surface area contributed by atoms with Gasteiger partial charge in [0.05, 0.1) is 22.9 Å². The summed E-state index contributed by atoms with van der Waals surface area (Å²) in [5.74, 6) is -0.391. The van der Waals surface area contributed by atoms with Crippen molar-refractivity contribution in [1.29, 1.82) is 5.26 Å². The zero-order chi connectivity index (χ0) is 19.4. The average Bonchev–Trinajstić information content (AvgIpc) is 3.06. The van der Waals surface area contributed by atoms with Gasteiger partial charge in [0.2, 0.25) is 0 Å². The number of aromatic amines is 1. The number of nitrogens with zero attached hydrogens (tertiary/aromatic N) is 4. The summed E-state index contributed by atoms with van der Waals surface area (Å²) in [7, 11) is 1.57. The van der Waals surface area contributed by atoms with Crippen LogP contribution in [0.4, 0.5) is 4.39 Å². The number of nitrogens with one attached hydrogen (secondary N) is 1. The highest BCUT2D eigenvalue weighted by atomic mass is 35.5. The number of methoxy groups -OCH3 is 1. The highest BCUT2D eigenvalue weighted by Gasteiger charge is 2.18. The molecule has 9 heteroatoms. The van der Waals surface area contributed by atoms with Gasteiger partial charge >= 0.3 is 6.01 Å². The maximum atomic E-state index is 14.1. The van der Waals surface area contributed by atoms with E-state index in [0.29, 0.717) is 17.9 Å². The molecule has 7 nitrogen and oxygen atoms in total. The van der Waals surface area contributed by atoms with Crippen LogP contribution in [0.3, 0.4) is 0 Å². The second-order valence-corrected chi connectivity index (χ2v) is 6.06. The molecule has 0 bridgehead atoms. The van der Waals surface area contributed by atoms with Crippen molar-refractivity contribution in [3.05, 3.63) is 47.1 Å². The third-order valence-electron chi connectivity index (χ3n) is 3.63. The van der Waals surface area contributed by atoms with Gasteiger partial charge in [-0.1, -0.05) is 17.7 Å². The molecule has 0 fully saturated rings. The van der Waals surface area contributed by atoms with E-state index < -0.39 is 5.82 Å². The summed E-state index contributed by atoms with van der Waals surface area (Å²) in [5.41, 5.74) is 1.04. The van der Waals surface area contributed by atoms with Gasteiger partial charge in [0.15, 0.2) is 5.69 Å². The van der Waals surface area contributed by atoms with Crippen molar-refractivity contribution in [2.24, 2.45) is 0 Å². The van der Waals surface area contributed by atoms with Crippen LogP contribution in [-0.4, -0.2) is 39.8 Å². The zero-order valence-corrected chi connectivity index (χ0v) is 15.3. The van der Waals surface area contributed by atoms with Crippen molar-refractivity contribution < 1.29 is 13.9 Å². The second-order valence-electron chi connectivity index (χ2n) is 5.66. The average molecular weight is 388 g/mol. The van der Waals surface area contributed by atoms with E-state index in [1.54, 1.807) is 13.2 Å². The molecule has 1 atom stereocenters. The zero-order valence-electron chi connectivity index (χ0n) is 14.5. The number of nitriles is 1. The molecule has 138 valence electrons. The molecule has 2 heterocycles. The Bertz CT molecular complexity index is 964. The molecule has 0 saturated heterocycles. The number of H-pyrrole nitrogens is 1. The summed E-state index contributed by atoms with van der Waals surface area (Å²) < 4.78 is 24.6. The summed E-state index contributed by atoms with van der Waals surface area (Å²) in [4.78, 5) is 15.3. The molecule has 1 aromatic carbocycles. The maximum Gasteiger partial charge on any atom is 0.316 e. The summed E-state index contributed by atoms with van der Waals surface area (Å²) in [5, 5.41) is 9.56. The Hall–Kier alpha value is -3.02. The standard InChI is InChI=1S/C18H15ClFN5O2/c1-10(9-26-2)27-18-22-7-11(8-23-18)16-14(6-21)24-17(25-16)15-12(19)4-3-5-13(15)20/h3-5,7-8,10H,9H2,1-2H3,(H,24,25). The lowest BCUT2D eigenvalue weighted by Gasteiger charge is -2.11. The summed E-state index contributed by atoms with van der Waals surface area (Å²) in [6.45, 7) is 2.23. The molecule has 27 heavy (non-hydrogen) atoms. The number of aromatic nitrogens is 4. The van der Waals surface area contributed by atoms with Crippen LogP contribution in [0, 0.1) is 17.1 Å². The third kappa shape index (κ3) is 4.05. The molecule has 3 rings (SSSR count). The smallest absolute Gasteiger partial charge is 0.316 e. The molecule has 0 amide bonds. The minimum atomic E-state index is -0.542. The molecule has 1 unspecified atom stereocenters. The minimum absolute atomic E-state index is 0.0781. The van der Waals surface area contributed by atoms with Crippen LogP contribution in [0.2, 0.25) is 5.02 Å². The Labute approximate surface area is 159 Å². The predicted molar refractivity (Wildman–Crippen MR) is 96.7 cm³/mol. The van der Waals surface area contributed by atoms with Crippen LogP contribution >= 0.6 is 11.6 Å². The Kier molecular flexibility index (Phi) is 5.64. The first kappa shape index (κ1) is 18.8. The van der Waals surface area contributed by atoms with E-state index in [9.17, 15) is 9.65 Å². The first-order valence-corrected chi connectivity index (χ1v) is 8.33. The van der Waals surface area contributed by atoms with Gasteiger partial charge < -0.3 is 14.5 Å². The van der Waals surface area contributed by atoms with E-state index in [-0.39, 0.29) is 34.2 Å². The van der Waals surface area contributed by atoms with E-state index in [1.807, 2.05) is 13.0 Å². The van der Waals surface area contributed by atoms with Gasteiger partial charge in [-0.25, -0.2) is 19.3 Å². The number of ether oxygens (including phenoxy) is 2. The first-order chi connectivity index (χ1) is 13.0. The van der Waals surface area contributed by atoms with E-state index >= 15 is 0 Å². The first-order valence-electron chi connectivity index (χ1n) is 7.96. The quantitative estimate of drug-likeness (QED) is 0.694. The van der Waals surface area contributed by atoms with E-state index in [2.05, 4.69) is 19.9 Å². The van der Waals surface area contributed by atoms with E-state index in [0.717, 1.165) is 0 Å². The number of hydrogen-bond acceptors (Lipinski definition) is 6. The monoisotopic (exact) mass is 387 g/mol. The lowest BCUT2D eigenvalue weighted by molar-refractivity contribution is 0.0855. The number of hydrogen-bond donors (Lipinski definition) is 1. The Balaban J connectivity index is 1.94. The van der Waals surface area contributed by atoms with Crippen LogP contribution in [-0.2, 0) is 4.74 Å². The van der Waals surface area contributed by atoms with Crippen LogP contribution < -0.4 is 4.74 Å². The van der Waals surface area contributed by atoms with E-state index in [1.165, 1.54) is 24.5 Å². The van der Waals surface area contributed by atoms with Crippen LogP contribution in [0.25, 0.3) is 22.6 Å². The number of benzene rings is 1. The Morgan fingerprint density at radius 1 is 1.33 bits per heavy atom. The molecule has 3 aromatic rings. The fourth-order valence-corrected chi connectivity index (χ4v) is 2.71. The van der Waals surface area contributed by atoms with E-state index in [4.69, 9.17) is 21.1 Å². The molecule has 0 spiro atoms.